The molecule has 9 heteroatoms. The number of anilines is 2. The highest BCUT2D eigenvalue weighted by atomic mass is 16.6. The number of piperazine rings is 1. The molecule has 164 valence electrons. The van der Waals surface area contributed by atoms with Gasteiger partial charge in [0.25, 0.3) is 11.6 Å². The van der Waals surface area contributed by atoms with E-state index in [1.807, 2.05) is 29.2 Å². The average Bonchev–Trinajstić information content (AvgIpc) is 2.79. The van der Waals surface area contributed by atoms with E-state index in [2.05, 4.69) is 22.5 Å². The summed E-state index contributed by atoms with van der Waals surface area (Å²) in [5.41, 5.74) is 2.75. The molecule has 1 aliphatic heterocycles. The van der Waals surface area contributed by atoms with E-state index in [0.29, 0.717) is 31.9 Å². The summed E-state index contributed by atoms with van der Waals surface area (Å²) in [4.78, 5) is 39.4. The molecule has 2 amide bonds. The molecule has 9 nitrogen and oxygen atoms in total. The smallest absolute Gasteiger partial charge is 0.270 e. The Morgan fingerprint density at radius 3 is 2.45 bits per heavy atom. The number of hydrogen-bond donors (Lipinski definition) is 2. The Hall–Kier alpha value is -3.46. The Bertz CT molecular complexity index is 970. The highest BCUT2D eigenvalue weighted by molar-refractivity contribution is 6.00. The predicted molar refractivity (Wildman–Crippen MR) is 120 cm³/mol. The Morgan fingerprint density at radius 1 is 1.10 bits per heavy atom. The molecule has 1 saturated heterocycles. The number of rotatable bonds is 7. The van der Waals surface area contributed by atoms with Gasteiger partial charge in [0.15, 0.2) is 0 Å². The van der Waals surface area contributed by atoms with Crippen LogP contribution in [0.15, 0.2) is 42.5 Å². The maximum absolute atomic E-state index is 12.5. The van der Waals surface area contributed by atoms with Gasteiger partial charge in [-0.25, -0.2) is 0 Å². The van der Waals surface area contributed by atoms with Crippen LogP contribution in [0.1, 0.15) is 22.8 Å². The minimum atomic E-state index is -0.510. The first-order valence-electron chi connectivity index (χ1n) is 10.3. The van der Waals surface area contributed by atoms with Crippen molar-refractivity contribution in [2.24, 2.45) is 0 Å². The zero-order valence-electron chi connectivity index (χ0n) is 17.8. The lowest BCUT2D eigenvalue weighted by Gasteiger charge is -2.36. The quantitative estimate of drug-likeness (QED) is 0.521. The molecule has 0 aliphatic carbocycles. The van der Waals surface area contributed by atoms with Gasteiger partial charge in [0.1, 0.15) is 0 Å². The van der Waals surface area contributed by atoms with E-state index >= 15 is 0 Å². The summed E-state index contributed by atoms with van der Waals surface area (Å²) in [6.45, 7) is 4.85. The van der Waals surface area contributed by atoms with E-state index in [4.69, 9.17) is 0 Å². The van der Waals surface area contributed by atoms with Crippen LogP contribution < -0.4 is 15.5 Å². The average molecular weight is 425 g/mol. The van der Waals surface area contributed by atoms with Crippen molar-refractivity contribution < 1.29 is 14.5 Å². The minimum Gasteiger partial charge on any atom is -0.368 e. The number of nitro groups is 1. The van der Waals surface area contributed by atoms with Crippen molar-refractivity contribution in [1.29, 1.82) is 0 Å². The van der Waals surface area contributed by atoms with Gasteiger partial charge in [0, 0.05) is 51.0 Å². The number of nitrogens with one attached hydrogen (secondary N) is 2. The Morgan fingerprint density at radius 2 is 1.81 bits per heavy atom. The molecule has 2 aromatic rings. The van der Waals surface area contributed by atoms with Crippen molar-refractivity contribution in [3.63, 3.8) is 0 Å². The molecular formula is C22H27N5O4. The SMILES string of the molecule is CCc1ccccc1NC(=O)CN1CCN(c2ccc([N+](=O)[O-])cc2C(=O)NC)CC1. The summed E-state index contributed by atoms with van der Waals surface area (Å²) in [7, 11) is 1.50. The standard InChI is InChI=1S/C22H27N5O4/c1-3-16-6-4-5-7-19(16)24-21(28)15-25-10-12-26(13-11-25)20-9-8-17(27(30)31)14-18(20)22(29)23-2/h4-9,14H,3,10-13,15H2,1-2H3,(H,23,29)(H,24,28). The van der Waals surface area contributed by atoms with Crippen molar-refractivity contribution in [2.75, 3.05) is 50.0 Å². The lowest BCUT2D eigenvalue weighted by molar-refractivity contribution is -0.384. The van der Waals surface area contributed by atoms with Crippen molar-refractivity contribution in [2.45, 2.75) is 13.3 Å². The number of carbonyl (C=O) groups is 2. The molecule has 3 rings (SSSR count). The number of amides is 2. The lowest BCUT2D eigenvalue weighted by Crippen LogP contribution is -2.49. The topological polar surface area (TPSA) is 108 Å². The largest absolute Gasteiger partial charge is 0.368 e. The number of hydrogen-bond acceptors (Lipinski definition) is 6. The van der Waals surface area contributed by atoms with Crippen LogP contribution in [0.5, 0.6) is 0 Å². The lowest BCUT2D eigenvalue weighted by atomic mass is 10.1. The first kappa shape index (κ1) is 22.2. The molecule has 1 fully saturated rings. The van der Waals surface area contributed by atoms with Crippen molar-refractivity contribution in [3.8, 4) is 0 Å². The molecule has 2 aromatic carbocycles. The first-order valence-corrected chi connectivity index (χ1v) is 10.3. The summed E-state index contributed by atoms with van der Waals surface area (Å²) in [6, 6.07) is 12.1. The third kappa shape index (κ3) is 5.37. The maximum atomic E-state index is 12.5. The summed E-state index contributed by atoms with van der Waals surface area (Å²) in [6.07, 6.45) is 0.845. The fourth-order valence-corrected chi connectivity index (χ4v) is 3.72. The number of non-ortho nitro benzene ring substituents is 1. The zero-order valence-corrected chi connectivity index (χ0v) is 17.8. The third-order valence-electron chi connectivity index (χ3n) is 5.42. The molecule has 1 aliphatic rings. The molecule has 1 heterocycles. The number of para-hydroxylation sites is 1. The van der Waals surface area contributed by atoms with E-state index in [1.165, 1.54) is 19.2 Å². The van der Waals surface area contributed by atoms with Crippen LogP contribution in [0.25, 0.3) is 0 Å². The second kappa shape index (κ2) is 10.0. The number of nitro benzene ring substituents is 1. The van der Waals surface area contributed by atoms with Gasteiger partial charge in [-0.15, -0.1) is 0 Å². The second-order valence-electron chi connectivity index (χ2n) is 7.36. The van der Waals surface area contributed by atoms with Gasteiger partial charge in [0.05, 0.1) is 22.7 Å². The summed E-state index contributed by atoms with van der Waals surface area (Å²) >= 11 is 0. The van der Waals surface area contributed by atoms with Crippen molar-refractivity contribution in [3.05, 3.63) is 63.7 Å². The molecule has 0 radical (unpaired) electrons. The van der Waals surface area contributed by atoms with Gasteiger partial charge in [-0.1, -0.05) is 25.1 Å². The van der Waals surface area contributed by atoms with Gasteiger partial charge >= 0.3 is 0 Å². The Kier molecular flexibility index (Phi) is 7.19. The predicted octanol–water partition coefficient (Wildman–Crippen LogP) is 2.28. The van der Waals surface area contributed by atoms with Crippen LogP contribution in [0.2, 0.25) is 0 Å². The van der Waals surface area contributed by atoms with Gasteiger partial charge in [-0.3, -0.25) is 24.6 Å². The molecule has 0 aromatic heterocycles. The minimum absolute atomic E-state index is 0.0595. The maximum Gasteiger partial charge on any atom is 0.270 e. The fourth-order valence-electron chi connectivity index (χ4n) is 3.72. The summed E-state index contributed by atoms with van der Waals surface area (Å²) < 4.78 is 0. The van der Waals surface area contributed by atoms with Gasteiger partial charge < -0.3 is 15.5 Å². The van der Waals surface area contributed by atoms with Crippen molar-refractivity contribution in [1.82, 2.24) is 10.2 Å². The summed E-state index contributed by atoms with van der Waals surface area (Å²) in [5.74, 6) is -0.425. The van der Waals surface area contributed by atoms with E-state index < -0.39 is 4.92 Å². The molecule has 0 unspecified atom stereocenters. The highest BCUT2D eigenvalue weighted by Gasteiger charge is 2.24. The normalized spacial score (nSPS) is 14.2. The number of carbonyl (C=O) groups excluding carboxylic acids is 2. The van der Waals surface area contributed by atoms with Crippen LogP contribution in [0.4, 0.5) is 17.1 Å². The van der Waals surface area contributed by atoms with Crippen LogP contribution in [-0.2, 0) is 11.2 Å². The van der Waals surface area contributed by atoms with Crippen molar-refractivity contribution >= 4 is 28.9 Å². The second-order valence-corrected chi connectivity index (χ2v) is 7.36. The van der Waals surface area contributed by atoms with Gasteiger partial charge in [-0.2, -0.15) is 0 Å². The number of nitrogens with zero attached hydrogens (tertiary/aromatic N) is 3. The van der Waals surface area contributed by atoms with Crippen LogP contribution >= 0.6 is 0 Å². The van der Waals surface area contributed by atoms with Gasteiger partial charge in [0.2, 0.25) is 5.91 Å². The van der Waals surface area contributed by atoms with Crippen LogP contribution in [0.3, 0.4) is 0 Å². The molecule has 31 heavy (non-hydrogen) atoms. The van der Waals surface area contributed by atoms with Crippen LogP contribution in [-0.4, -0.2) is 61.4 Å². The van der Waals surface area contributed by atoms with Gasteiger partial charge in [-0.05, 0) is 24.1 Å². The first-order chi connectivity index (χ1) is 14.9. The van der Waals surface area contributed by atoms with E-state index in [9.17, 15) is 19.7 Å². The Balaban J connectivity index is 1.62. The molecule has 0 bridgehead atoms. The number of aryl methyl sites for hydroxylation is 1. The molecule has 2 N–H and O–H groups in total. The van der Waals surface area contributed by atoms with E-state index in [1.54, 1.807) is 6.07 Å². The molecular weight excluding hydrogens is 398 g/mol. The van der Waals surface area contributed by atoms with Crippen LogP contribution in [0, 0.1) is 10.1 Å². The Labute approximate surface area is 181 Å². The monoisotopic (exact) mass is 425 g/mol. The number of benzene rings is 2. The highest BCUT2D eigenvalue weighted by Crippen LogP contribution is 2.26. The van der Waals surface area contributed by atoms with E-state index in [-0.39, 0.29) is 29.6 Å². The molecule has 0 spiro atoms. The summed E-state index contributed by atoms with van der Waals surface area (Å²) in [5, 5.41) is 16.6. The third-order valence-corrected chi connectivity index (χ3v) is 5.42. The fraction of sp³-hybridized carbons (Fsp3) is 0.364. The zero-order chi connectivity index (χ0) is 22.4. The molecule has 0 atom stereocenters. The molecule has 0 saturated carbocycles. The van der Waals surface area contributed by atoms with E-state index in [0.717, 1.165) is 17.7 Å².